The highest BCUT2D eigenvalue weighted by Gasteiger charge is 2.10. The molecule has 16 heavy (non-hydrogen) atoms. The first-order valence-electron chi connectivity index (χ1n) is 4.32. The maximum Gasteiger partial charge on any atom is 0.347 e. The van der Waals surface area contributed by atoms with Crippen molar-refractivity contribution >= 4 is 11.7 Å². The fourth-order valence-corrected chi connectivity index (χ4v) is 1.01. The molecule has 8 nitrogen and oxygen atoms in total. The number of rotatable bonds is 4. The molecule has 1 aromatic rings. The Bertz CT molecular complexity index is 467. The van der Waals surface area contributed by atoms with Crippen LogP contribution in [0.5, 0.6) is 0 Å². The Morgan fingerprint density at radius 2 is 2.38 bits per heavy atom. The van der Waals surface area contributed by atoms with Gasteiger partial charge in [0.05, 0.1) is 24.7 Å². The highest BCUT2D eigenvalue weighted by atomic mass is 16.6. The average Bonchev–Trinajstić information content (AvgIpc) is 2.27. The van der Waals surface area contributed by atoms with Gasteiger partial charge in [-0.2, -0.15) is 4.98 Å². The van der Waals surface area contributed by atoms with E-state index in [2.05, 4.69) is 9.72 Å². The van der Waals surface area contributed by atoms with Crippen LogP contribution in [0.3, 0.4) is 0 Å². The van der Waals surface area contributed by atoms with E-state index in [1.807, 2.05) is 0 Å². The molecule has 0 aliphatic rings. The molecule has 0 aromatic carbocycles. The van der Waals surface area contributed by atoms with Crippen molar-refractivity contribution in [1.29, 1.82) is 0 Å². The monoisotopic (exact) mass is 227 g/mol. The molecule has 1 rings (SSSR count). The van der Waals surface area contributed by atoms with Crippen LogP contribution in [-0.4, -0.2) is 27.6 Å². The maximum absolute atomic E-state index is 11.2. The van der Waals surface area contributed by atoms with Crippen LogP contribution in [0.2, 0.25) is 0 Å². The number of ether oxygens (including phenoxy) is 1. The summed E-state index contributed by atoms with van der Waals surface area (Å²) < 4.78 is 5.38. The lowest BCUT2D eigenvalue weighted by Gasteiger charge is -2.02. The summed E-state index contributed by atoms with van der Waals surface area (Å²) in [6, 6.07) is 0. The lowest BCUT2D eigenvalue weighted by Crippen LogP contribution is -2.23. The third-order valence-electron chi connectivity index (χ3n) is 1.84. The topological polar surface area (TPSA) is 104 Å². The van der Waals surface area contributed by atoms with Crippen LogP contribution in [0.4, 0.5) is 5.69 Å². The summed E-state index contributed by atoms with van der Waals surface area (Å²) in [4.78, 5) is 35.1. The minimum absolute atomic E-state index is 0.000185. The number of carbonyl (C=O) groups excluding carboxylic acids is 1. The van der Waals surface area contributed by atoms with Gasteiger partial charge in [-0.25, -0.2) is 4.79 Å². The number of aromatic nitrogens is 2. The van der Waals surface area contributed by atoms with E-state index < -0.39 is 16.6 Å². The third kappa shape index (κ3) is 2.87. The summed E-state index contributed by atoms with van der Waals surface area (Å²) >= 11 is 0. The number of hydrogen-bond donors (Lipinski definition) is 0. The molecule has 0 bridgehead atoms. The number of nitro groups is 1. The van der Waals surface area contributed by atoms with E-state index in [0.717, 1.165) is 17.0 Å². The largest absolute Gasteiger partial charge is 0.469 e. The van der Waals surface area contributed by atoms with E-state index >= 15 is 0 Å². The molecule has 0 amide bonds. The minimum Gasteiger partial charge on any atom is -0.469 e. The molecule has 0 unspecified atom stereocenters. The molecule has 0 atom stereocenters. The van der Waals surface area contributed by atoms with Crippen LogP contribution in [0.25, 0.3) is 0 Å². The fraction of sp³-hybridized carbons (Fsp3) is 0.375. The molecular weight excluding hydrogens is 218 g/mol. The van der Waals surface area contributed by atoms with Gasteiger partial charge in [-0.05, 0) is 0 Å². The summed E-state index contributed by atoms with van der Waals surface area (Å²) in [7, 11) is 1.22. The van der Waals surface area contributed by atoms with E-state index in [1.54, 1.807) is 0 Å². The number of esters is 1. The zero-order valence-corrected chi connectivity index (χ0v) is 8.45. The van der Waals surface area contributed by atoms with Gasteiger partial charge >= 0.3 is 17.3 Å². The molecule has 0 fully saturated rings. The zero-order valence-electron chi connectivity index (χ0n) is 8.45. The smallest absolute Gasteiger partial charge is 0.347 e. The van der Waals surface area contributed by atoms with Gasteiger partial charge in [0.2, 0.25) is 0 Å². The van der Waals surface area contributed by atoms with Crippen molar-refractivity contribution < 1.29 is 14.5 Å². The predicted octanol–water partition coefficient (Wildman–Crippen LogP) is -0.285. The molecular formula is C8H9N3O5. The van der Waals surface area contributed by atoms with Gasteiger partial charge in [-0.15, -0.1) is 0 Å². The van der Waals surface area contributed by atoms with E-state index in [0.29, 0.717) is 0 Å². The number of methoxy groups -OCH3 is 1. The number of nitrogens with zero attached hydrogens (tertiary/aromatic N) is 3. The minimum atomic E-state index is -0.666. The molecule has 86 valence electrons. The van der Waals surface area contributed by atoms with Crippen molar-refractivity contribution in [3.8, 4) is 0 Å². The van der Waals surface area contributed by atoms with Crippen molar-refractivity contribution in [3.05, 3.63) is 33.0 Å². The van der Waals surface area contributed by atoms with Crippen LogP contribution in [0.1, 0.15) is 6.42 Å². The second-order valence-corrected chi connectivity index (χ2v) is 2.87. The normalized spacial score (nSPS) is 9.81. The van der Waals surface area contributed by atoms with Crippen molar-refractivity contribution in [1.82, 2.24) is 9.55 Å². The Balaban J connectivity index is 2.86. The van der Waals surface area contributed by atoms with Crippen LogP contribution in [-0.2, 0) is 16.1 Å². The van der Waals surface area contributed by atoms with Gasteiger partial charge in [0.15, 0.2) is 0 Å². The Morgan fingerprint density at radius 1 is 1.69 bits per heavy atom. The van der Waals surface area contributed by atoms with Gasteiger partial charge < -0.3 is 4.74 Å². The van der Waals surface area contributed by atoms with Gasteiger partial charge in [-0.3, -0.25) is 19.5 Å². The van der Waals surface area contributed by atoms with Crippen molar-refractivity contribution in [3.63, 3.8) is 0 Å². The summed E-state index contributed by atoms with van der Waals surface area (Å²) in [5.74, 6) is -0.501. The molecule has 0 radical (unpaired) electrons. The molecule has 0 saturated carbocycles. The maximum atomic E-state index is 11.2. The Hall–Kier alpha value is -2.25. The van der Waals surface area contributed by atoms with Gasteiger partial charge in [0, 0.05) is 6.54 Å². The summed E-state index contributed by atoms with van der Waals surface area (Å²) in [5.41, 5.74) is -0.945. The quantitative estimate of drug-likeness (QED) is 0.397. The van der Waals surface area contributed by atoms with E-state index in [4.69, 9.17) is 0 Å². The highest BCUT2D eigenvalue weighted by molar-refractivity contribution is 5.68. The molecule has 0 N–H and O–H groups in total. The standard InChI is InChI=1S/C8H9N3O5/c1-16-7(12)2-3-10-5-6(11(14)15)4-9-8(10)13/h4-5H,2-3H2,1H3. The van der Waals surface area contributed by atoms with Crippen molar-refractivity contribution in [2.75, 3.05) is 7.11 Å². The summed E-state index contributed by atoms with van der Waals surface area (Å²) in [6.45, 7) is 0.000185. The summed E-state index contributed by atoms with van der Waals surface area (Å²) in [6.07, 6.45) is 1.87. The fourth-order valence-electron chi connectivity index (χ4n) is 1.01. The van der Waals surface area contributed by atoms with Crippen molar-refractivity contribution in [2.24, 2.45) is 0 Å². The second-order valence-electron chi connectivity index (χ2n) is 2.87. The second kappa shape index (κ2) is 5.01. The Morgan fingerprint density at radius 3 is 2.94 bits per heavy atom. The van der Waals surface area contributed by atoms with Gasteiger partial charge in [-0.1, -0.05) is 0 Å². The van der Waals surface area contributed by atoms with E-state index in [1.165, 1.54) is 7.11 Å². The molecule has 8 heteroatoms. The number of carbonyl (C=O) groups is 1. The predicted molar refractivity (Wildman–Crippen MR) is 51.8 cm³/mol. The first-order chi connectivity index (χ1) is 7.54. The van der Waals surface area contributed by atoms with Gasteiger partial charge in [0.25, 0.3) is 0 Å². The van der Waals surface area contributed by atoms with Crippen LogP contribution in [0.15, 0.2) is 17.2 Å². The molecule has 0 aliphatic heterocycles. The SMILES string of the molecule is COC(=O)CCn1cc([N+](=O)[O-])cnc1=O. The van der Waals surface area contributed by atoms with Crippen LogP contribution < -0.4 is 5.69 Å². The first-order valence-corrected chi connectivity index (χ1v) is 4.32. The third-order valence-corrected chi connectivity index (χ3v) is 1.84. The number of aryl methyl sites for hydroxylation is 1. The van der Waals surface area contributed by atoms with Crippen LogP contribution >= 0.6 is 0 Å². The molecule has 0 saturated heterocycles. The molecule has 0 spiro atoms. The lowest BCUT2D eigenvalue weighted by atomic mass is 10.4. The molecule has 1 heterocycles. The lowest BCUT2D eigenvalue weighted by molar-refractivity contribution is -0.385. The van der Waals surface area contributed by atoms with Crippen LogP contribution in [0, 0.1) is 10.1 Å². The zero-order chi connectivity index (χ0) is 12.1. The molecule has 0 aliphatic carbocycles. The highest BCUT2D eigenvalue weighted by Crippen LogP contribution is 2.04. The van der Waals surface area contributed by atoms with E-state index in [-0.39, 0.29) is 18.7 Å². The van der Waals surface area contributed by atoms with Gasteiger partial charge in [0.1, 0.15) is 6.20 Å². The molecule has 1 aromatic heterocycles. The average molecular weight is 227 g/mol. The van der Waals surface area contributed by atoms with E-state index in [9.17, 15) is 19.7 Å². The van der Waals surface area contributed by atoms with Crippen molar-refractivity contribution in [2.45, 2.75) is 13.0 Å². The Labute approximate surface area is 89.6 Å². The number of hydrogen-bond acceptors (Lipinski definition) is 6. The first kappa shape index (κ1) is 11.8. The Kier molecular flexibility index (Phi) is 3.70. The summed E-state index contributed by atoms with van der Waals surface area (Å²) in [5, 5.41) is 10.4.